The third kappa shape index (κ3) is 3.38. The number of carbonyl (C=O) groups excluding carboxylic acids is 1. The summed E-state index contributed by atoms with van der Waals surface area (Å²) in [6.45, 7) is 10.0. The van der Waals surface area contributed by atoms with Crippen molar-refractivity contribution in [2.24, 2.45) is 0 Å². The van der Waals surface area contributed by atoms with Crippen LogP contribution >= 0.6 is 0 Å². The van der Waals surface area contributed by atoms with Crippen molar-refractivity contribution in [1.29, 1.82) is 0 Å². The summed E-state index contributed by atoms with van der Waals surface area (Å²) in [5.74, 6) is 0. The molecule has 2 rings (SSSR count). The fraction of sp³-hybridized carbons (Fsp3) is 0.562. The van der Waals surface area contributed by atoms with Crippen molar-refractivity contribution in [2.45, 2.75) is 26.9 Å². The molecule has 1 aromatic carbocycles. The Morgan fingerprint density at radius 3 is 2.20 bits per heavy atom. The maximum Gasteiger partial charge on any atom is 0.209 e. The Bertz CT molecular complexity index is 456. The highest BCUT2D eigenvalue weighted by Crippen LogP contribution is 2.24. The minimum absolute atomic E-state index is 0.460. The number of rotatable bonds is 4. The first kappa shape index (κ1) is 15.0. The largest absolute Gasteiger partial charge is 0.387 e. The molecule has 0 spiro atoms. The Hall–Kier alpha value is -1.39. The van der Waals surface area contributed by atoms with Gasteiger partial charge in [0.1, 0.15) is 0 Å². The molecule has 1 unspecified atom stereocenters. The maximum atomic E-state index is 10.7. The van der Waals surface area contributed by atoms with Crippen molar-refractivity contribution >= 4 is 6.41 Å². The summed E-state index contributed by atoms with van der Waals surface area (Å²) in [6, 6.07) is 4.24. The van der Waals surface area contributed by atoms with E-state index in [0.717, 1.165) is 49.3 Å². The number of hydrogen-bond donors (Lipinski definition) is 1. The number of amides is 1. The highest BCUT2D eigenvalue weighted by molar-refractivity contribution is 5.47. The van der Waals surface area contributed by atoms with Gasteiger partial charge in [-0.15, -0.1) is 0 Å². The Balaban J connectivity index is 2.02. The average molecular weight is 276 g/mol. The van der Waals surface area contributed by atoms with E-state index in [1.807, 2.05) is 0 Å². The van der Waals surface area contributed by atoms with Crippen LogP contribution in [-0.2, 0) is 4.79 Å². The first-order valence-electron chi connectivity index (χ1n) is 7.18. The molecule has 1 fully saturated rings. The lowest BCUT2D eigenvalue weighted by Gasteiger charge is -2.34. The number of benzene rings is 1. The van der Waals surface area contributed by atoms with Gasteiger partial charge in [-0.1, -0.05) is 17.7 Å². The van der Waals surface area contributed by atoms with E-state index in [2.05, 4.69) is 37.8 Å². The topological polar surface area (TPSA) is 43.8 Å². The van der Waals surface area contributed by atoms with Crippen LogP contribution in [0.1, 0.15) is 28.4 Å². The van der Waals surface area contributed by atoms with Gasteiger partial charge in [-0.25, -0.2) is 0 Å². The van der Waals surface area contributed by atoms with E-state index in [0.29, 0.717) is 6.54 Å². The van der Waals surface area contributed by atoms with Gasteiger partial charge in [-0.05, 0) is 37.5 Å². The van der Waals surface area contributed by atoms with E-state index in [1.54, 1.807) is 4.90 Å². The van der Waals surface area contributed by atoms with Crippen LogP contribution in [0.25, 0.3) is 0 Å². The number of hydrogen-bond acceptors (Lipinski definition) is 3. The first-order chi connectivity index (χ1) is 9.51. The summed E-state index contributed by atoms with van der Waals surface area (Å²) in [6.07, 6.45) is 0.445. The number of aryl methyl sites for hydroxylation is 3. The van der Waals surface area contributed by atoms with Gasteiger partial charge in [0.2, 0.25) is 6.41 Å². The molecule has 4 heteroatoms. The van der Waals surface area contributed by atoms with Gasteiger partial charge in [0.25, 0.3) is 0 Å². The van der Waals surface area contributed by atoms with Crippen LogP contribution in [0.15, 0.2) is 12.1 Å². The van der Waals surface area contributed by atoms with Gasteiger partial charge >= 0.3 is 0 Å². The predicted octanol–water partition coefficient (Wildman–Crippen LogP) is 1.42. The second kappa shape index (κ2) is 6.37. The summed E-state index contributed by atoms with van der Waals surface area (Å²) in [5, 5.41) is 10.5. The molecule has 1 heterocycles. The van der Waals surface area contributed by atoms with Gasteiger partial charge in [-0.3, -0.25) is 9.69 Å². The number of carbonyl (C=O) groups is 1. The molecule has 1 saturated heterocycles. The van der Waals surface area contributed by atoms with Gasteiger partial charge < -0.3 is 10.0 Å². The number of piperazine rings is 1. The Labute approximate surface area is 121 Å². The monoisotopic (exact) mass is 276 g/mol. The molecule has 1 N–H and O–H groups in total. The molecule has 4 nitrogen and oxygen atoms in total. The van der Waals surface area contributed by atoms with Gasteiger partial charge in [0.05, 0.1) is 6.10 Å². The summed E-state index contributed by atoms with van der Waals surface area (Å²) >= 11 is 0. The van der Waals surface area contributed by atoms with Crippen molar-refractivity contribution in [3.8, 4) is 0 Å². The van der Waals surface area contributed by atoms with E-state index in [-0.39, 0.29) is 0 Å². The second-order valence-electron chi connectivity index (χ2n) is 5.77. The van der Waals surface area contributed by atoms with Gasteiger partial charge in [0, 0.05) is 32.7 Å². The Morgan fingerprint density at radius 2 is 1.70 bits per heavy atom. The van der Waals surface area contributed by atoms with Gasteiger partial charge in [-0.2, -0.15) is 0 Å². The quantitative estimate of drug-likeness (QED) is 0.846. The lowest BCUT2D eigenvalue weighted by atomic mass is 9.95. The highest BCUT2D eigenvalue weighted by Gasteiger charge is 2.21. The molecule has 0 aliphatic carbocycles. The fourth-order valence-electron chi connectivity index (χ4n) is 3.10. The Kier molecular flexibility index (Phi) is 4.78. The van der Waals surface area contributed by atoms with Crippen molar-refractivity contribution < 1.29 is 9.90 Å². The molecule has 0 saturated carbocycles. The second-order valence-corrected chi connectivity index (χ2v) is 5.77. The minimum Gasteiger partial charge on any atom is -0.387 e. The fourth-order valence-corrected chi connectivity index (χ4v) is 3.10. The van der Waals surface area contributed by atoms with Crippen LogP contribution < -0.4 is 0 Å². The maximum absolute atomic E-state index is 10.7. The highest BCUT2D eigenvalue weighted by atomic mass is 16.3. The van der Waals surface area contributed by atoms with E-state index in [1.165, 1.54) is 5.56 Å². The molecular weight excluding hydrogens is 252 g/mol. The summed E-state index contributed by atoms with van der Waals surface area (Å²) in [5.41, 5.74) is 4.59. The van der Waals surface area contributed by atoms with Crippen molar-refractivity contribution in [3.05, 3.63) is 34.4 Å². The minimum atomic E-state index is -0.460. The zero-order chi connectivity index (χ0) is 14.7. The van der Waals surface area contributed by atoms with Crippen molar-refractivity contribution in [2.75, 3.05) is 32.7 Å². The molecule has 1 aliphatic heterocycles. The number of nitrogens with zero attached hydrogens (tertiary/aromatic N) is 2. The van der Waals surface area contributed by atoms with E-state index in [9.17, 15) is 9.90 Å². The molecule has 1 aliphatic rings. The van der Waals surface area contributed by atoms with E-state index in [4.69, 9.17) is 0 Å². The molecular formula is C16H24N2O2. The molecule has 1 amide bonds. The number of aliphatic hydroxyl groups excluding tert-OH is 1. The molecule has 110 valence electrons. The molecule has 0 radical (unpaired) electrons. The first-order valence-corrected chi connectivity index (χ1v) is 7.18. The van der Waals surface area contributed by atoms with E-state index >= 15 is 0 Å². The summed E-state index contributed by atoms with van der Waals surface area (Å²) in [7, 11) is 0. The standard InChI is InChI=1S/C16H24N2O2/c1-12-8-13(2)16(14(3)9-12)15(20)10-17-4-6-18(11-19)7-5-17/h8-9,11,15,20H,4-7,10H2,1-3H3. The normalized spacial score (nSPS) is 18.1. The summed E-state index contributed by atoms with van der Waals surface area (Å²) in [4.78, 5) is 14.7. The predicted molar refractivity (Wildman–Crippen MR) is 79.7 cm³/mol. The average Bonchev–Trinajstić information content (AvgIpc) is 2.38. The lowest BCUT2D eigenvalue weighted by Crippen LogP contribution is -2.46. The Morgan fingerprint density at radius 1 is 1.15 bits per heavy atom. The molecule has 0 aromatic heterocycles. The van der Waals surface area contributed by atoms with Crippen LogP contribution in [0.3, 0.4) is 0 Å². The molecule has 0 bridgehead atoms. The van der Waals surface area contributed by atoms with Crippen LogP contribution in [0.2, 0.25) is 0 Å². The zero-order valence-electron chi connectivity index (χ0n) is 12.6. The zero-order valence-corrected chi connectivity index (χ0v) is 12.6. The molecule has 1 atom stereocenters. The lowest BCUT2D eigenvalue weighted by molar-refractivity contribution is -0.119. The third-order valence-electron chi connectivity index (χ3n) is 4.06. The van der Waals surface area contributed by atoms with Crippen LogP contribution in [0.4, 0.5) is 0 Å². The van der Waals surface area contributed by atoms with Crippen LogP contribution in [0, 0.1) is 20.8 Å². The van der Waals surface area contributed by atoms with Crippen molar-refractivity contribution in [1.82, 2.24) is 9.80 Å². The van der Waals surface area contributed by atoms with Crippen LogP contribution in [-0.4, -0.2) is 54.0 Å². The number of aliphatic hydroxyl groups is 1. The number of β-amino-alcohol motifs (C(OH)–C–C–N with tert-alkyl or cyclic N) is 1. The van der Waals surface area contributed by atoms with Gasteiger partial charge in [0.15, 0.2) is 0 Å². The molecule has 20 heavy (non-hydrogen) atoms. The SMILES string of the molecule is Cc1cc(C)c(C(O)CN2CCN(C=O)CC2)c(C)c1. The van der Waals surface area contributed by atoms with Crippen LogP contribution in [0.5, 0.6) is 0 Å². The smallest absolute Gasteiger partial charge is 0.209 e. The summed E-state index contributed by atoms with van der Waals surface area (Å²) < 4.78 is 0. The van der Waals surface area contributed by atoms with Crippen molar-refractivity contribution in [3.63, 3.8) is 0 Å². The third-order valence-corrected chi connectivity index (χ3v) is 4.06. The van der Waals surface area contributed by atoms with E-state index < -0.39 is 6.10 Å². The molecule has 1 aromatic rings.